The first-order valence-electron chi connectivity index (χ1n) is 22.5. The van der Waals surface area contributed by atoms with Crippen molar-refractivity contribution in [1.29, 1.82) is 0 Å². The summed E-state index contributed by atoms with van der Waals surface area (Å²) in [7, 11) is 0. The summed E-state index contributed by atoms with van der Waals surface area (Å²) < 4.78 is 0. The van der Waals surface area contributed by atoms with E-state index in [1.165, 1.54) is 66.8 Å². The van der Waals surface area contributed by atoms with Gasteiger partial charge in [-0.1, -0.05) is 208 Å². The Morgan fingerprint density at radius 2 is 0.569 bits per heavy atom. The summed E-state index contributed by atoms with van der Waals surface area (Å²) in [6.07, 6.45) is 0. The summed E-state index contributed by atoms with van der Waals surface area (Å²) in [6, 6.07) is 92.6. The molecule has 0 atom stereocenters. The lowest BCUT2D eigenvalue weighted by Crippen LogP contribution is -2.18. The molecule has 0 heterocycles. The maximum atomic E-state index is 2.47. The summed E-state index contributed by atoms with van der Waals surface area (Å²) in [4.78, 5) is 4.90. The third-order valence-corrected chi connectivity index (χ3v) is 13.1. The van der Waals surface area contributed by atoms with E-state index < -0.39 is 0 Å². The van der Waals surface area contributed by atoms with Crippen molar-refractivity contribution in [2.75, 3.05) is 9.80 Å². The van der Waals surface area contributed by atoms with Crippen LogP contribution in [0.2, 0.25) is 0 Å². The number of hydrogen-bond acceptors (Lipinski definition) is 2. The molecule has 1 aliphatic carbocycles. The fraction of sp³-hybridized carbons (Fsp3) is 0.0476. The number of anilines is 6. The van der Waals surface area contributed by atoms with Gasteiger partial charge in [0.05, 0.1) is 5.69 Å². The first kappa shape index (κ1) is 39.6. The lowest BCUT2D eigenvalue weighted by molar-refractivity contribution is 0.660. The fourth-order valence-electron chi connectivity index (χ4n) is 9.69. The zero-order valence-corrected chi connectivity index (χ0v) is 36.6. The van der Waals surface area contributed by atoms with Gasteiger partial charge in [-0.3, -0.25) is 0 Å². The Kier molecular flexibility index (Phi) is 10.3. The topological polar surface area (TPSA) is 6.48 Å². The van der Waals surface area contributed by atoms with Crippen LogP contribution >= 0.6 is 0 Å². The molecule has 0 aliphatic heterocycles. The smallest absolute Gasteiger partial charge is 0.0564 e. The van der Waals surface area contributed by atoms with Crippen LogP contribution in [0.5, 0.6) is 0 Å². The molecule has 11 rings (SSSR count). The van der Waals surface area contributed by atoms with Gasteiger partial charge in [0.2, 0.25) is 0 Å². The molecule has 0 fully saturated rings. The van der Waals surface area contributed by atoms with E-state index in [4.69, 9.17) is 0 Å². The van der Waals surface area contributed by atoms with E-state index in [0.29, 0.717) is 0 Å². The van der Waals surface area contributed by atoms with E-state index in [0.717, 1.165) is 34.1 Å². The molecule has 2 heteroatoms. The molecule has 0 amide bonds. The molecule has 0 spiro atoms. The van der Waals surface area contributed by atoms with Crippen LogP contribution in [0.25, 0.3) is 55.6 Å². The Morgan fingerprint density at radius 3 is 0.938 bits per heavy atom. The molecule has 0 radical (unpaired) electrons. The van der Waals surface area contributed by atoms with Gasteiger partial charge in [-0.05, 0) is 122 Å². The SMILES string of the molecule is CC1(C)c2ccccc2-c2c(N(c3ccc(-c4ccccc4)cc3)c3ccc(-c4ccccc4)cc3)cc(N(c3ccc(-c4ccccc4)cc3)c3ccc(-c4ccccc4)cc3)cc21. The minimum absolute atomic E-state index is 0.267. The summed E-state index contributed by atoms with van der Waals surface area (Å²) in [5.41, 5.74) is 21.0. The van der Waals surface area contributed by atoms with E-state index in [-0.39, 0.29) is 5.41 Å². The fourth-order valence-corrected chi connectivity index (χ4v) is 9.69. The summed E-state index contributed by atoms with van der Waals surface area (Å²) in [5, 5.41) is 0. The highest BCUT2D eigenvalue weighted by Crippen LogP contribution is 2.56. The largest absolute Gasteiger partial charge is 0.310 e. The molecular weight excluding hydrogens is 785 g/mol. The molecule has 0 aromatic heterocycles. The molecule has 0 saturated heterocycles. The molecule has 0 bridgehead atoms. The average Bonchev–Trinajstić information content (AvgIpc) is 3.61. The molecule has 0 unspecified atom stereocenters. The highest BCUT2D eigenvalue weighted by molar-refractivity contribution is 5.98. The minimum atomic E-state index is -0.267. The van der Waals surface area contributed by atoms with Gasteiger partial charge in [0.1, 0.15) is 0 Å². The van der Waals surface area contributed by atoms with Crippen molar-refractivity contribution in [2.24, 2.45) is 0 Å². The molecule has 10 aromatic carbocycles. The van der Waals surface area contributed by atoms with Crippen molar-refractivity contribution >= 4 is 34.1 Å². The van der Waals surface area contributed by atoms with Crippen molar-refractivity contribution in [3.05, 3.63) is 266 Å². The van der Waals surface area contributed by atoms with Crippen molar-refractivity contribution in [3.8, 4) is 55.6 Å². The van der Waals surface area contributed by atoms with Crippen molar-refractivity contribution in [2.45, 2.75) is 19.3 Å². The van der Waals surface area contributed by atoms with Crippen LogP contribution in [0.3, 0.4) is 0 Å². The zero-order chi connectivity index (χ0) is 43.7. The second-order valence-electron chi connectivity index (χ2n) is 17.4. The van der Waals surface area contributed by atoms with Crippen LogP contribution in [0.1, 0.15) is 25.0 Å². The molecule has 0 N–H and O–H groups in total. The Hall–Kier alpha value is -8.20. The molecule has 65 heavy (non-hydrogen) atoms. The lowest BCUT2D eigenvalue weighted by Gasteiger charge is -2.33. The maximum Gasteiger partial charge on any atom is 0.0564 e. The molecule has 2 nitrogen and oxygen atoms in total. The molecule has 310 valence electrons. The van der Waals surface area contributed by atoms with Crippen LogP contribution in [0.4, 0.5) is 34.1 Å². The van der Waals surface area contributed by atoms with Gasteiger partial charge < -0.3 is 9.80 Å². The van der Waals surface area contributed by atoms with Gasteiger partial charge in [-0.2, -0.15) is 0 Å². The molecule has 10 aromatic rings. The summed E-state index contributed by atoms with van der Waals surface area (Å²) >= 11 is 0. The van der Waals surface area contributed by atoms with E-state index in [1.54, 1.807) is 0 Å². The molecule has 1 aliphatic rings. The third kappa shape index (κ3) is 7.49. The van der Waals surface area contributed by atoms with Gasteiger partial charge >= 0.3 is 0 Å². The number of rotatable bonds is 10. The molecular formula is C63H48N2. The van der Waals surface area contributed by atoms with E-state index >= 15 is 0 Å². The number of hydrogen-bond donors (Lipinski definition) is 0. The normalized spacial score (nSPS) is 12.3. The monoisotopic (exact) mass is 832 g/mol. The van der Waals surface area contributed by atoms with Crippen LogP contribution in [0, 0.1) is 0 Å². The van der Waals surface area contributed by atoms with E-state index in [1.807, 2.05) is 0 Å². The van der Waals surface area contributed by atoms with Gasteiger partial charge in [-0.15, -0.1) is 0 Å². The van der Waals surface area contributed by atoms with Gasteiger partial charge in [-0.25, -0.2) is 0 Å². The Morgan fingerprint density at radius 1 is 0.262 bits per heavy atom. The van der Waals surface area contributed by atoms with E-state index in [9.17, 15) is 0 Å². The van der Waals surface area contributed by atoms with E-state index in [2.05, 4.69) is 278 Å². The molecule has 0 saturated carbocycles. The zero-order valence-electron chi connectivity index (χ0n) is 36.6. The number of benzene rings is 10. The van der Waals surface area contributed by atoms with Crippen molar-refractivity contribution < 1.29 is 0 Å². The minimum Gasteiger partial charge on any atom is -0.310 e. The average molecular weight is 833 g/mol. The summed E-state index contributed by atoms with van der Waals surface area (Å²) in [6.45, 7) is 4.76. The van der Waals surface area contributed by atoms with Crippen LogP contribution < -0.4 is 9.80 Å². The third-order valence-electron chi connectivity index (χ3n) is 13.1. The summed E-state index contributed by atoms with van der Waals surface area (Å²) in [5.74, 6) is 0. The lowest BCUT2D eigenvalue weighted by atomic mass is 9.82. The van der Waals surface area contributed by atoms with Crippen molar-refractivity contribution in [1.82, 2.24) is 0 Å². The second-order valence-corrected chi connectivity index (χ2v) is 17.4. The second kappa shape index (κ2) is 16.8. The Labute approximate surface area is 383 Å². The Bertz CT molecular complexity index is 3050. The van der Waals surface area contributed by atoms with Gasteiger partial charge in [0, 0.05) is 39.4 Å². The maximum absolute atomic E-state index is 2.47. The predicted octanol–water partition coefficient (Wildman–Crippen LogP) is 17.6. The first-order valence-corrected chi connectivity index (χ1v) is 22.5. The van der Waals surface area contributed by atoms with Crippen LogP contribution in [-0.2, 0) is 5.41 Å². The van der Waals surface area contributed by atoms with Crippen LogP contribution in [0.15, 0.2) is 255 Å². The van der Waals surface area contributed by atoms with Crippen molar-refractivity contribution in [3.63, 3.8) is 0 Å². The first-order chi connectivity index (χ1) is 32.0. The van der Waals surface area contributed by atoms with Crippen LogP contribution in [-0.4, -0.2) is 0 Å². The number of nitrogens with zero attached hydrogens (tertiary/aromatic N) is 2. The quantitative estimate of drug-likeness (QED) is 0.135. The standard InChI is InChI=1S/C63H48N2/c1-63(2)59-26-16-15-25-58(59)62-60(63)43-57(64(53-35-27-49(28-36-53)45-17-7-3-8-18-45)54-37-29-50(30-38-54)46-19-9-4-10-20-46)44-61(62)65(55-39-31-51(32-40-55)47-21-11-5-12-22-47)56-41-33-52(34-42-56)48-23-13-6-14-24-48/h3-44H,1-2H3. The van der Waals surface area contributed by atoms with Gasteiger partial charge in [0.25, 0.3) is 0 Å². The Balaban J connectivity index is 1.14. The predicted molar refractivity (Wildman–Crippen MR) is 275 cm³/mol. The highest BCUT2D eigenvalue weighted by atomic mass is 15.2. The number of fused-ring (bicyclic) bond motifs is 3. The van der Waals surface area contributed by atoms with Gasteiger partial charge in [0.15, 0.2) is 0 Å². The highest BCUT2D eigenvalue weighted by Gasteiger charge is 2.39.